The van der Waals surface area contributed by atoms with Gasteiger partial charge in [0.05, 0.1) is 25.5 Å². The van der Waals surface area contributed by atoms with E-state index < -0.39 is 11.9 Å². The zero-order valence-corrected chi connectivity index (χ0v) is 19.0. The molecule has 0 spiro atoms. The van der Waals surface area contributed by atoms with Crippen LogP contribution in [-0.4, -0.2) is 43.5 Å². The van der Waals surface area contributed by atoms with E-state index >= 15 is 0 Å². The highest BCUT2D eigenvalue weighted by atomic mass is 79.9. The number of phenols is 1. The van der Waals surface area contributed by atoms with Gasteiger partial charge in [-0.15, -0.1) is 0 Å². The number of amides is 1. The van der Waals surface area contributed by atoms with E-state index in [1.54, 1.807) is 25.1 Å². The van der Waals surface area contributed by atoms with Gasteiger partial charge in [-0.1, -0.05) is 24.3 Å². The molecule has 1 amide bonds. The van der Waals surface area contributed by atoms with E-state index in [9.17, 15) is 14.7 Å². The van der Waals surface area contributed by atoms with Crippen molar-refractivity contribution >= 4 is 44.8 Å². The fraction of sp³-hybridized carbons (Fsp3) is 0.174. The summed E-state index contributed by atoms with van der Waals surface area (Å²) in [6.07, 6.45) is 1.41. The number of benzene rings is 3. The van der Waals surface area contributed by atoms with Crippen molar-refractivity contribution in [3.63, 3.8) is 0 Å². The van der Waals surface area contributed by atoms with E-state index in [0.717, 1.165) is 10.8 Å². The number of phenolic OH excluding ortho intramolecular Hbond substituents is 1. The molecule has 0 aliphatic rings. The topological polar surface area (TPSA) is 106 Å². The molecule has 32 heavy (non-hydrogen) atoms. The van der Waals surface area contributed by atoms with Crippen LogP contribution in [0.25, 0.3) is 10.8 Å². The molecule has 0 bridgehead atoms. The van der Waals surface area contributed by atoms with Crippen molar-refractivity contribution in [3.05, 3.63) is 64.1 Å². The Bertz CT molecular complexity index is 1180. The van der Waals surface area contributed by atoms with Gasteiger partial charge in [0, 0.05) is 10.0 Å². The first-order valence-electron chi connectivity index (χ1n) is 9.64. The molecule has 3 rings (SSSR count). The standard InChI is InChI=1S/C23H21BrN2O6/c1-3-31-22(28)13-32-21-11-18(24)16(10-20(21)30-2)12-25-26-23(29)17-8-14-6-4-5-7-15(14)9-19(17)27/h4-12,27H,3,13H2,1-2H3,(H,26,29). The minimum absolute atomic E-state index is 0.111. The van der Waals surface area contributed by atoms with Gasteiger partial charge in [0.2, 0.25) is 0 Å². The smallest absolute Gasteiger partial charge is 0.344 e. The van der Waals surface area contributed by atoms with Gasteiger partial charge in [0.1, 0.15) is 5.75 Å². The third-order valence-electron chi connectivity index (χ3n) is 4.41. The van der Waals surface area contributed by atoms with Crippen molar-refractivity contribution in [2.24, 2.45) is 5.10 Å². The molecule has 0 aliphatic heterocycles. The maximum atomic E-state index is 12.5. The number of hydrazone groups is 1. The van der Waals surface area contributed by atoms with Crippen LogP contribution in [0.4, 0.5) is 0 Å². The molecule has 0 atom stereocenters. The van der Waals surface area contributed by atoms with E-state index in [1.165, 1.54) is 19.4 Å². The summed E-state index contributed by atoms with van der Waals surface area (Å²) in [5.41, 5.74) is 3.11. The maximum absolute atomic E-state index is 12.5. The Morgan fingerprint density at radius 3 is 2.53 bits per heavy atom. The summed E-state index contributed by atoms with van der Waals surface area (Å²) < 4.78 is 16.2. The second-order valence-electron chi connectivity index (χ2n) is 6.53. The first-order valence-corrected chi connectivity index (χ1v) is 10.4. The van der Waals surface area contributed by atoms with Crippen molar-refractivity contribution in [1.29, 1.82) is 0 Å². The number of nitrogens with one attached hydrogen (secondary N) is 1. The van der Waals surface area contributed by atoms with Crippen molar-refractivity contribution in [2.45, 2.75) is 6.92 Å². The van der Waals surface area contributed by atoms with Crippen LogP contribution < -0.4 is 14.9 Å². The number of carbonyl (C=O) groups excluding carboxylic acids is 2. The monoisotopic (exact) mass is 500 g/mol. The van der Waals surface area contributed by atoms with Crippen molar-refractivity contribution in [2.75, 3.05) is 20.3 Å². The fourth-order valence-corrected chi connectivity index (χ4v) is 3.32. The van der Waals surface area contributed by atoms with Crippen molar-refractivity contribution < 1.29 is 28.9 Å². The van der Waals surface area contributed by atoms with Crippen LogP contribution in [0.3, 0.4) is 0 Å². The highest BCUT2D eigenvalue weighted by Crippen LogP contribution is 2.33. The molecule has 0 radical (unpaired) electrons. The predicted molar refractivity (Wildman–Crippen MR) is 123 cm³/mol. The Kier molecular flexibility index (Phi) is 7.67. The lowest BCUT2D eigenvalue weighted by molar-refractivity contribution is -0.145. The number of rotatable bonds is 8. The lowest BCUT2D eigenvalue weighted by Crippen LogP contribution is -2.17. The van der Waals surface area contributed by atoms with Crippen LogP contribution >= 0.6 is 15.9 Å². The van der Waals surface area contributed by atoms with Gasteiger partial charge in [-0.25, -0.2) is 10.2 Å². The Hall–Kier alpha value is -3.59. The number of hydrogen-bond acceptors (Lipinski definition) is 7. The zero-order chi connectivity index (χ0) is 23.1. The lowest BCUT2D eigenvalue weighted by atomic mass is 10.1. The number of halogens is 1. The van der Waals surface area contributed by atoms with Gasteiger partial charge in [-0.2, -0.15) is 5.10 Å². The number of nitrogens with zero attached hydrogens (tertiary/aromatic N) is 1. The fourth-order valence-electron chi connectivity index (χ4n) is 2.89. The average molecular weight is 501 g/mol. The molecule has 0 aliphatic carbocycles. The Morgan fingerprint density at radius 1 is 1.12 bits per heavy atom. The van der Waals surface area contributed by atoms with Gasteiger partial charge >= 0.3 is 5.97 Å². The van der Waals surface area contributed by atoms with E-state index in [4.69, 9.17) is 14.2 Å². The van der Waals surface area contributed by atoms with Crippen LogP contribution in [-0.2, 0) is 9.53 Å². The second-order valence-corrected chi connectivity index (χ2v) is 7.39. The van der Waals surface area contributed by atoms with Crippen LogP contribution in [0, 0.1) is 0 Å². The highest BCUT2D eigenvalue weighted by Gasteiger charge is 2.14. The van der Waals surface area contributed by atoms with Gasteiger partial charge in [0.15, 0.2) is 18.1 Å². The molecular formula is C23H21BrN2O6. The quantitative estimate of drug-likeness (QED) is 0.274. The largest absolute Gasteiger partial charge is 0.507 e. The third-order valence-corrected chi connectivity index (χ3v) is 5.10. The van der Waals surface area contributed by atoms with Crippen LogP contribution in [0.15, 0.2) is 58.1 Å². The molecule has 0 fully saturated rings. The molecule has 8 nitrogen and oxygen atoms in total. The number of ether oxygens (including phenoxy) is 3. The first-order chi connectivity index (χ1) is 15.4. The van der Waals surface area contributed by atoms with E-state index in [1.807, 2.05) is 24.3 Å². The Morgan fingerprint density at radius 2 is 1.84 bits per heavy atom. The summed E-state index contributed by atoms with van der Waals surface area (Å²) in [6, 6.07) is 13.8. The summed E-state index contributed by atoms with van der Waals surface area (Å²) in [6.45, 7) is 1.72. The number of carbonyl (C=O) groups is 2. The SMILES string of the molecule is CCOC(=O)COc1cc(Br)c(C=NNC(=O)c2cc3ccccc3cc2O)cc1OC. The predicted octanol–water partition coefficient (Wildman–Crippen LogP) is 4.02. The molecule has 0 saturated heterocycles. The number of esters is 1. The minimum Gasteiger partial charge on any atom is -0.507 e. The number of fused-ring (bicyclic) bond motifs is 1. The Balaban J connectivity index is 1.72. The molecule has 0 saturated carbocycles. The summed E-state index contributed by atoms with van der Waals surface area (Å²) in [7, 11) is 1.46. The summed E-state index contributed by atoms with van der Waals surface area (Å²) >= 11 is 3.40. The summed E-state index contributed by atoms with van der Waals surface area (Å²) in [5, 5.41) is 15.8. The van der Waals surface area contributed by atoms with E-state index in [0.29, 0.717) is 21.5 Å². The minimum atomic E-state index is -0.554. The molecule has 2 N–H and O–H groups in total. The molecule has 0 unspecified atom stereocenters. The van der Waals surface area contributed by atoms with Gasteiger partial charge in [-0.3, -0.25) is 4.79 Å². The molecule has 3 aromatic rings. The van der Waals surface area contributed by atoms with Crippen LogP contribution in [0.1, 0.15) is 22.8 Å². The Labute approximate surface area is 192 Å². The molecule has 3 aromatic carbocycles. The molecule has 9 heteroatoms. The lowest BCUT2D eigenvalue weighted by Gasteiger charge is -2.12. The second kappa shape index (κ2) is 10.6. The molecular weight excluding hydrogens is 480 g/mol. The maximum Gasteiger partial charge on any atom is 0.344 e. The van der Waals surface area contributed by atoms with Crippen LogP contribution in [0.2, 0.25) is 0 Å². The summed E-state index contributed by atoms with van der Waals surface area (Å²) in [5.74, 6) is -0.465. The number of aromatic hydroxyl groups is 1. The van der Waals surface area contributed by atoms with Gasteiger partial charge < -0.3 is 19.3 Å². The van der Waals surface area contributed by atoms with E-state index in [-0.39, 0.29) is 24.5 Å². The van der Waals surface area contributed by atoms with Crippen LogP contribution in [0.5, 0.6) is 17.2 Å². The average Bonchev–Trinajstić information content (AvgIpc) is 2.78. The van der Waals surface area contributed by atoms with Crippen molar-refractivity contribution in [3.8, 4) is 17.2 Å². The third kappa shape index (κ3) is 5.55. The summed E-state index contributed by atoms with van der Waals surface area (Å²) in [4.78, 5) is 24.0. The normalized spacial score (nSPS) is 10.8. The molecule has 0 heterocycles. The molecule has 0 aromatic heterocycles. The van der Waals surface area contributed by atoms with E-state index in [2.05, 4.69) is 26.5 Å². The molecule has 166 valence electrons. The number of methoxy groups -OCH3 is 1. The zero-order valence-electron chi connectivity index (χ0n) is 17.4. The first kappa shape index (κ1) is 23.1. The van der Waals surface area contributed by atoms with Crippen molar-refractivity contribution in [1.82, 2.24) is 5.43 Å². The van der Waals surface area contributed by atoms with Gasteiger partial charge in [-0.05, 0) is 57.9 Å². The van der Waals surface area contributed by atoms with Gasteiger partial charge in [0.25, 0.3) is 5.91 Å². The highest BCUT2D eigenvalue weighted by molar-refractivity contribution is 9.10. The number of hydrogen-bond donors (Lipinski definition) is 2.